The Bertz CT molecular complexity index is 1170. The van der Waals surface area contributed by atoms with Crippen LogP contribution in [-0.2, 0) is 30.5 Å². The lowest BCUT2D eigenvalue weighted by atomic mass is 10.2. The Labute approximate surface area is 277 Å². The lowest BCUT2D eigenvalue weighted by molar-refractivity contribution is -0.140. The molecule has 1 fully saturated rings. The number of amides is 4. The molecule has 0 aromatic heterocycles. The number of urea groups is 1. The van der Waals surface area contributed by atoms with Gasteiger partial charge in [0.2, 0.25) is 11.8 Å². The van der Waals surface area contributed by atoms with E-state index in [9.17, 15) is 44.1 Å². The van der Waals surface area contributed by atoms with E-state index in [0.717, 1.165) is 5.56 Å². The number of carbonyl (C=O) groups is 6. The van der Waals surface area contributed by atoms with Crippen LogP contribution in [0.5, 0.6) is 0 Å². The van der Waals surface area contributed by atoms with Crippen LogP contribution in [0.2, 0.25) is 0 Å². The molecule has 1 aliphatic heterocycles. The second-order valence-corrected chi connectivity index (χ2v) is 12.1. The molecule has 2 rings (SSSR count). The molecule has 18 heteroatoms. The molecule has 0 radical (unpaired) electrons. The average Bonchev–Trinajstić information content (AvgIpc) is 2.99. The van der Waals surface area contributed by atoms with Crippen LogP contribution in [0.15, 0.2) is 24.3 Å². The van der Waals surface area contributed by atoms with E-state index in [1.54, 1.807) is 39.0 Å². The molecule has 0 aliphatic carbocycles. The molecule has 1 aromatic rings. The molecule has 1 aliphatic rings. The second kappa shape index (κ2) is 21.0. The number of nitrogens with one attached hydrogen (secondary N) is 3. The number of carbonyl (C=O) groups excluding carboxylic acids is 3. The SMILES string of the molecule is CSCC[C@H](NC(=O)Nc1ccc(CNC(=O)CN2CCN(CC(=O)O)CCN(CC(=O)O)CCN(CC(=O)O)CC2)cc1)C(N)=O. The van der Waals surface area contributed by atoms with Gasteiger partial charge in [-0.15, -0.1) is 0 Å². The summed E-state index contributed by atoms with van der Waals surface area (Å²) < 4.78 is 0. The molecular weight excluding hydrogens is 636 g/mol. The minimum atomic E-state index is -1.03. The molecule has 1 heterocycles. The monoisotopic (exact) mass is 682 g/mol. The Kier molecular flexibility index (Phi) is 17.5. The molecule has 1 aromatic carbocycles. The maximum Gasteiger partial charge on any atom is 0.319 e. The van der Waals surface area contributed by atoms with E-state index in [0.29, 0.717) is 44.0 Å². The fourth-order valence-electron chi connectivity index (χ4n) is 4.80. The number of hydrogen-bond donors (Lipinski definition) is 7. The summed E-state index contributed by atoms with van der Waals surface area (Å²) in [6.45, 7) is 1.86. The molecule has 262 valence electrons. The van der Waals surface area contributed by atoms with Crippen LogP contribution in [-0.4, -0.2) is 167 Å². The zero-order valence-electron chi connectivity index (χ0n) is 26.6. The summed E-state index contributed by atoms with van der Waals surface area (Å²) in [6, 6.07) is 5.42. The molecule has 0 unspecified atom stereocenters. The van der Waals surface area contributed by atoms with E-state index in [1.807, 2.05) is 11.2 Å². The van der Waals surface area contributed by atoms with Crippen molar-refractivity contribution in [3.63, 3.8) is 0 Å². The van der Waals surface area contributed by atoms with Gasteiger partial charge in [-0.1, -0.05) is 12.1 Å². The fourth-order valence-corrected chi connectivity index (χ4v) is 5.27. The number of nitrogens with two attached hydrogens (primary N) is 1. The molecule has 1 saturated heterocycles. The van der Waals surface area contributed by atoms with Gasteiger partial charge >= 0.3 is 23.9 Å². The van der Waals surface area contributed by atoms with E-state index < -0.39 is 35.9 Å². The van der Waals surface area contributed by atoms with E-state index in [4.69, 9.17) is 5.73 Å². The summed E-state index contributed by atoms with van der Waals surface area (Å²) in [4.78, 5) is 78.0. The topological polar surface area (TPSA) is 238 Å². The van der Waals surface area contributed by atoms with Crippen molar-refractivity contribution in [3.05, 3.63) is 29.8 Å². The number of thioether (sulfide) groups is 1. The fraction of sp³-hybridized carbons (Fsp3) is 0.586. The van der Waals surface area contributed by atoms with Crippen molar-refractivity contribution in [1.29, 1.82) is 0 Å². The average molecular weight is 683 g/mol. The minimum absolute atomic E-state index is 0.00958. The zero-order valence-corrected chi connectivity index (χ0v) is 27.4. The number of carboxylic acid groups (broad SMARTS) is 3. The highest BCUT2D eigenvalue weighted by atomic mass is 32.2. The van der Waals surface area contributed by atoms with Crippen LogP contribution in [0.1, 0.15) is 12.0 Å². The van der Waals surface area contributed by atoms with Crippen molar-refractivity contribution in [2.45, 2.75) is 19.0 Å². The van der Waals surface area contributed by atoms with E-state index in [1.165, 1.54) is 11.8 Å². The van der Waals surface area contributed by atoms with Crippen LogP contribution in [0, 0.1) is 0 Å². The normalized spacial score (nSPS) is 16.6. The van der Waals surface area contributed by atoms with Crippen LogP contribution in [0.4, 0.5) is 10.5 Å². The molecular formula is C29H46N8O9S. The van der Waals surface area contributed by atoms with Crippen LogP contribution >= 0.6 is 11.8 Å². The number of hydrogen-bond acceptors (Lipinski definition) is 11. The Morgan fingerprint density at radius 1 is 0.745 bits per heavy atom. The highest BCUT2D eigenvalue weighted by molar-refractivity contribution is 7.98. The zero-order chi connectivity index (χ0) is 34.8. The van der Waals surface area contributed by atoms with E-state index in [-0.39, 0.29) is 64.8 Å². The third kappa shape index (κ3) is 17.0. The molecule has 47 heavy (non-hydrogen) atoms. The first-order valence-electron chi connectivity index (χ1n) is 15.1. The Morgan fingerprint density at radius 3 is 1.55 bits per heavy atom. The van der Waals surface area contributed by atoms with E-state index in [2.05, 4.69) is 16.0 Å². The Hall–Kier alpha value is -3.97. The number of primary amides is 1. The number of nitrogens with zero attached hydrogens (tertiary/aromatic N) is 4. The largest absolute Gasteiger partial charge is 0.480 e. The van der Waals surface area contributed by atoms with Gasteiger partial charge in [0.15, 0.2) is 0 Å². The first-order chi connectivity index (χ1) is 22.3. The number of rotatable bonds is 16. The van der Waals surface area contributed by atoms with Gasteiger partial charge in [-0.05, 0) is 36.1 Å². The maximum absolute atomic E-state index is 12.9. The van der Waals surface area contributed by atoms with Crippen molar-refractivity contribution in [1.82, 2.24) is 30.2 Å². The van der Waals surface area contributed by atoms with Crippen LogP contribution < -0.4 is 21.7 Å². The highest BCUT2D eigenvalue weighted by Crippen LogP contribution is 2.10. The Morgan fingerprint density at radius 2 is 1.17 bits per heavy atom. The number of benzene rings is 1. The van der Waals surface area contributed by atoms with Gasteiger partial charge in [0.1, 0.15) is 6.04 Å². The molecule has 1 atom stereocenters. The van der Waals surface area contributed by atoms with Crippen molar-refractivity contribution in [2.24, 2.45) is 5.73 Å². The van der Waals surface area contributed by atoms with E-state index >= 15 is 0 Å². The summed E-state index contributed by atoms with van der Waals surface area (Å²) in [7, 11) is 0. The molecule has 0 bridgehead atoms. The summed E-state index contributed by atoms with van der Waals surface area (Å²) in [5, 5.41) is 36.1. The van der Waals surface area contributed by atoms with Gasteiger partial charge < -0.3 is 37.0 Å². The van der Waals surface area contributed by atoms with Gasteiger partial charge in [-0.25, -0.2) is 4.79 Å². The maximum atomic E-state index is 12.9. The number of carboxylic acids is 3. The predicted octanol–water partition coefficient (Wildman–Crippen LogP) is -1.49. The third-order valence-electron chi connectivity index (χ3n) is 7.33. The summed E-state index contributed by atoms with van der Waals surface area (Å²) in [5.74, 6) is -3.33. The summed E-state index contributed by atoms with van der Waals surface area (Å²) >= 11 is 1.53. The van der Waals surface area contributed by atoms with Gasteiger partial charge in [0.25, 0.3) is 0 Å². The van der Waals surface area contributed by atoms with Gasteiger partial charge in [0, 0.05) is 64.6 Å². The Balaban J connectivity index is 1.98. The molecule has 0 saturated carbocycles. The van der Waals surface area contributed by atoms with Crippen molar-refractivity contribution in [3.8, 4) is 0 Å². The minimum Gasteiger partial charge on any atom is -0.480 e. The lowest BCUT2D eigenvalue weighted by Gasteiger charge is -2.32. The van der Waals surface area contributed by atoms with Crippen molar-refractivity contribution in [2.75, 3.05) is 95.9 Å². The number of aliphatic carboxylic acids is 3. The smallest absolute Gasteiger partial charge is 0.319 e. The van der Waals surface area contributed by atoms with Crippen molar-refractivity contribution >= 4 is 53.2 Å². The van der Waals surface area contributed by atoms with Crippen molar-refractivity contribution < 1.29 is 44.1 Å². The molecule has 8 N–H and O–H groups in total. The first-order valence-corrected chi connectivity index (χ1v) is 16.5. The predicted molar refractivity (Wildman–Crippen MR) is 175 cm³/mol. The standard InChI is InChI=1S/C29H46N8O9S/c1-47-15-6-23(28(30)45)33-29(46)32-22-4-2-21(3-5-22)16-31-24(38)17-34-7-9-35(18-25(39)40)11-13-37(20-27(43)44)14-12-36(10-8-34)19-26(41)42/h2-5,23H,6-20H2,1H3,(H2,30,45)(H,31,38)(H,39,40)(H,41,42)(H,43,44)(H2,32,33,46)/t23-/m0/s1. The van der Waals surface area contributed by atoms with Gasteiger partial charge in [0.05, 0.1) is 26.2 Å². The number of anilines is 1. The highest BCUT2D eigenvalue weighted by Gasteiger charge is 2.21. The molecule has 17 nitrogen and oxygen atoms in total. The lowest BCUT2D eigenvalue weighted by Crippen LogP contribution is -2.49. The quantitative estimate of drug-likeness (QED) is 0.105. The molecule has 0 spiro atoms. The van der Waals surface area contributed by atoms with Crippen LogP contribution in [0.25, 0.3) is 0 Å². The summed E-state index contributed by atoms with van der Waals surface area (Å²) in [5.41, 5.74) is 6.61. The third-order valence-corrected chi connectivity index (χ3v) is 7.98. The van der Waals surface area contributed by atoms with Gasteiger partial charge in [-0.2, -0.15) is 11.8 Å². The van der Waals surface area contributed by atoms with Crippen LogP contribution in [0.3, 0.4) is 0 Å². The second-order valence-electron chi connectivity index (χ2n) is 11.1. The van der Waals surface area contributed by atoms with Gasteiger partial charge in [-0.3, -0.25) is 43.6 Å². The molecule has 4 amide bonds. The first kappa shape index (κ1) is 39.2. The summed E-state index contributed by atoms with van der Waals surface area (Å²) in [6.07, 6.45) is 2.30.